The second kappa shape index (κ2) is 3.77. The number of hydrazine groups is 1. The van der Waals surface area contributed by atoms with Gasteiger partial charge in [-0.2, -0.15) is 0 Å². The van der Waals surface area contributed by atoms with Crippen molar-refractivity contribution in [1.82, 2.24) is 5.43 Å². The van der Waals surface area contributed by atoms with Gasteiger partial charge in [0.25, 0.3) is 0 Å². The van der Waals surface area contributed by atoms with Crippen LogP contribution < -0.4 is 16.0 Å². The van der Waals surface area contributed by atoms with Crippen molar-refractivity contribution in [2.75, 3.05) is 13.2 Å². The van der Waals surface area contributed by atoms with E-state index in [1.807, 2.05) is 18.2 Å². The van der Waals surface area contributed by atoms with E-state index in [1.54, 1.807) is 0 Å². The lowest BCUT2D eigenvalue weighted by atomic mass is 9.97. The summed E-state index contributed by atoms with van der Waals surface area (Å²) in [6, 6.07) is 8.17. The molecule has 0 amide bonds. The van der Waals surface area contributed by atoms with Crippen molar-refractivity contribution in [3.63, 3.8) is 0 Å². The Kier molecular flexibility index (Phi) is 2.47. The lowest BCUT2D eigenvalue weighted by molar-refractivity contribution is 0.218. The van der Waals surface area contributed by atoms with Crippen LogP contribution in [0, 0.1) is 5.92 Å². The summed E-state index contributed by atoms with van der Waals surface area (Å²) in [6.45, 7) is 1.58. The summed E-state index contributed by atoms with van der Waals surface area (Å²) < 4.78 is 5.59. The lowest BCUT2D eigenvalue weighted by Crippen LogP contribution is -2.34. The van der Waals surface area contributed by atoms with Gasteiger partial charge >= 0.3 is 0 Å². The number of benzene rings is 1. The van der Waals surface area contributed by atoms with Crippen LogP contribution in [0.1, 0.15) is 5.56 Å². The topological polar surface area (TPSA) is 47.3 Å². The quantitative estimate of drug-likeness (QED) is 0.517. The van der Waals surface area contributed by atoms with E-state index in [-0.39, 0.29) is 0 Å². The molecule has 1 unspecified atom stereocenters. The van der Waals surface area contributed by atoms with E-state index < -0.39 is 0 Å². The molecule has 0 saturated heterocycles. The van der Waals surface area contributed by atoms with Gasteiger partial charge in [0.15, 0.2) is 0 Å². The Hall–Kier alpha value is -1.06. The largest absolute Gasteiger partial charge is 0.493 e. The number of nitrogens with two attached hydrogens (primary N) is 1. The second-order valence-electron chi connectivity index (χ2n) is 3.40. The van der Waals surface area contributed by atoms with Crippen LogP contribution in [0.15, 0.2) is 24.3 Å². The Morgan fingerprint density at radius 1 is 1.46 bits per heavy atom. The van der Waals surface area contributed by atoms with E-state index >= 15 is 0 Å². The standard InChI is InChI=1S/C10H14N2O/c11-12-6-8-5-9-3-1-2-4-10(9)13-7-8/h1-4,8,12H,5-7,11H2. The highest BCUT2D eigenvalue weighted by Gasteiger charge is 2.18. The monoisotopic (exact) mass is 178 g/mol. The van der Waals surface area contributed by atoms with E-state index in [9.17, 15) is 0 Å². The number of nitrogens with one attached hydrogen (secondary N) is 1. The van der Waals surface area contributed by atoms with Gasteiger partial charge in [-0.1, -0.05) is 18.2 Å². The highest BCUT2D eigenvalue weighted by atomic mass is 16.5. The Balaban J connectivity index is 2.11. The SMILES string of the molecule is NNCC1COc2ccccc2C1. The second-order valence-corrected chi connectivity index (χ2v) is 3.40. The molecule has 0 bridgehead atoms. The number of hydrogen-bond acceptors (Lipinski definition) is 3. The van der Waals surface area contributed by atoms with Crippen LogP contribution in [0.4, 0.5) is 0 Å². The van der Waals surface area contributed by atoms with Crippen LogP contribution in [0.25, 0.3) is 0 Å². The molecular weight excluding hydrogens is 164 g/mol. The third-order valence-electron chi connectivity index (χ3n) is 2.36. The summed E-state index contributed by atoms with van der Waals surface area (Å²) in [5.41, 5.74) is 3.97. The van der Waals surface area contributed by atoms with E-state index in [4.69, 9.17) is 10.6 Å². The normalized spacial score (nSPS) is 20.5. The van der Waals surface area contributed by atoms with Gasteiger partial charge < -0.3 is 4.74 Å². The molecule has 1 atom stereocenters. The average molecular weight is 178 g/mol. The third kappa shape index (κ3) is 1.82. The van der Waals surface area contributed by atoms with Gasteiger partial charge in [-0.05, 0) is 18.1 Å². The summed E-state index contributed by atoms with van der Waals surface area (Å²) in [4.78, 5) is 0. The molecular formula is C10H14N2O. The zero-order valence-electron chi connectivity index (χ0n) is 7.49. The minimum atomic E-state index is 0.500. The molecule has 0 saturated carbocycles. The number of fused-ring (bicyclic) bond motifs is 1. The summed E-state index contributed by atoms with van der Waals surface area (Å²) in [5.74, 6) is 6.80. The molecule has 1 aromatic rings. The number of para-hydroxylation sites is 1. The van der Waals surface area contributed by atoms with Crippen LogP contribution in [-0.4, -0.2) is 13.2 Å². The molecule has 1 aliphatic heterocycles. The fraction of sp³-hybridized carbons (Fsp3) is 0.400. The molecule has 0 aromatic heterocycles. The summed E-state index contributed by atoms with van der Waals surface area (Å²) in [6.07, 6.45) is 1.06. The van der Waals surface area contributed by atoms with Crippen molar-refractivity contribution in [2.24, 2.45) is 11.8 Å². The molecule has 0 radical (unpaired) electrons. The van der Waals surface area contributed by atoms with Gasteiger partial charge in [0.2, 0.25) is 0 Å². The maximum absolute atomic E-state index is 5.59. The van der Waals surface area contributed by atoms with Crippen molar-refractivity contribution in [1.29, 1.82) is 0 Å². The summed E-state index contributed by atoms with van der Waals surface area (Å²) >= 11 is 0. The van der Waals surface area contributed by atoms with Crippen molar-refractivity contribution < 1.29 is 4.74 Å². The predicted octanol–water partition coefficient (Wildman–Crippen LogP) is 0.701. The molecule has 3 nitrogen and oxygen atoms in total. The molecule has 1 aromatic carbocycles. The summed E-state index contributed by atoms with van der Waals surface area (Å²) in [7, 11) is 0. The minimum absolute atomic E-state index is 0.500. The van der Waals surface area contributed by atoms with Gasteiger partial charge in [-0.3, -0.25) is 11.3 Å². The van der Waals surface area contributed by atoms with Crippen LogP contribution in [0.2, 0.25) is 0 Å². The first-order valence-electron chi connectivity index (χ1n) is 4.54. The van der Waals surface area contributed by atoms with Crippen LogP contribution >= 0.6 is 0 Å². The molecule has 1 heterocycles. The Morgan fingerprint density at radius 2 is 2.31 bits per heavy atom. The molecule has 70 valence electrons. The average Bonchev–Trinajstić information content (AvgIpc) is 2.18. The fourth-order valence-corrected chi connectivity index (χ4v) is 1.69. The van der Waals surface area contributed by atoms with Crippen molar-refractivity contribution >= 4 is 0 Å². The molecule has 13 heavy (non-hydrogen) atoms. The van der Waals surface area contributed by atoms with Crippen LogP contribution in [-0.2, 0) is 6.42 Å². The Bertz CT molecular complexity index is 288. The van der Waals surface area contributed by atoms with Crippen molar-refractivity contribution in [3.05, 3.63) is 29.8 Å². The smallest absolute Gasteiger partial charge is 0.122 e. The Labute approximate surface area is 77.9 Å². The Morgan fingerprint density at radius 3 is 3.15 bits per heavy atom. The van der Waals surface area contributed by atoms with E-state index in [2.05, 4.69) is 11.5 Å². The maximum atomic E-state index is 5.59. The highest BCUT2D eigenvalue weighted by molar-refractivity contribution is 5.35. The van der Waals surface area contributed by atoms with Gasteiger partial charge in [-0.15, -0.1) is 0 Å². The maximum Gasteiger partial charge on any atom is 0.122 e. The zero-order valence-corrected chi connectivity index (χ0v) is 7.49. The van der Waals surface area contributed by atoms with Crippen LogP contribution in [0.3, 0.4) is 0 Å². The highest BCUT2D eigenvalue weighted by Crippen LogP contribution is 2.26. The number of ether oxygens (including phenoxy) is 1. The third-order valence-corrected chi connectivity index (χ3v) is 2.36. The molecule has 3 heteroatoms. The first-order chi connectivity index (χ1) is 6.40. The van der Waals surface area contributed by atoms with Crippen molar-refractivity contribution in [3.8, 4) is 5.75 Å². The fourth-order valence-electron chi connectivity index (χ4n) is 1.69. The molecule has 3 N–H and O–H groups in total. The number of rotatable bonds is 2. The first-order valence-corrected chi connectivity index (χ1v) is 4.54. The van der Waals surface area contributed by atoms with E-state index in [1.165, 1.54) is 5.56 Å². The van der Waals surface area contributed by atoms with E-state index in [0.29, 0.717) is 5.92 Å². The molecule has 0 fully saturated rings. The van der Waals surface area contributed by atoms with Crippen LogP contribution in [0.5, 0.6) is 5.75 Å². The summed E-state index contributed by atoms with van der Waals surface area (Å²) in [5, 5.41) is 0. The predicted molar refractivity (Wildman–Crippen MR) is 51.3 cm³/mol. The van der Waals surface area contributed by atoms with Gasteiger partial charge in [0.05, 0.1) is 6.61 Å². The zero-order chi connectivity index (χ0) is 9.10. The molecule has 0 spiro atoms. The van der Waals surface area contributed by atoms with Gasteiger partial charge in [0, 0.05) is 12.5 Å². The number of hydrogen-bond donors (Lipinski definition) is 2. The van der Waals surface area contributed by atoms with Gasteiger partial charge in [-0.25, -0.2) is 0 Å². The molecule has 0 aliphatic carbocycles. The molecule has 1 aliphatic rings. The van der Waals surface area contributed by atoms with E-state index in [0.717, 1.165) is 25.3 Å². The van der Waals surface area contributed by atoms with Crippen molar-refractivity contribution in [2.45, 2.75) is 6.42 Å². The lowest BCUT2D eigenvalue weighted by Gasteiger charge is -2.24. The first kappa shape index (κ1) is 8.53. The van der Waals surface area contributed by atoms with Gasteiger partial charge in [0.1, 0.15) is 5.75 Å². The minimum Gasteiger partial charge on any atom is -0.493 e. The molecule has 2 rings (SSSR count).